The maximum atomic E-state index is 12.9. The van der Waals surface area contributed by atoms with E-state index in [-0.39, 0.29) is 6.61 Å². The first-order valence-corrected chi connectivity index (χ1v) is 9.82. The lowest BCUT2D eigenvalue weighted by atomic mass is 9.96. The summed E-state index contributed by atoms with van der Waals surface area (Å²) in [5, 5.41) is 4.85. The number of aryl methyl sites for hydroxylation is 1. The summed E-state index contributed by atoms with van der Waals surface area (Å²) in [4.78, 5) is 36.8. The lowest BCUT2D eigenvalue weighted by Crippen LogP contribution is -2.61. The van der Waals surface area contributed by atoms with Crippen LogP contribution in [0.5, 0.6) is 5.75 Å². The van der Waals surface area contributed by atoms with E-state index in [0.717, 1.165) is 11.1 Å². The molecular weight excluding hydrogens is 412 g/mol. The van der Waals surface area contributed by atoms with Gasteiger partial charge < -0.3 is 24.8 Å². The van der Waals surface area contributed by atoms with Crippen LogP contribution in [0.1, 0.15) is 18.1 Å². The lowest BCUT2D eigenvalue weighted by molar-refractivity contribution is -0.141. The summed E-state index contributed by atoms with van der Waals surface area (Å²) in [5.41, 5.74) is 0.182. The zero-order valence-electron chi connectivity index (χ0n) is 18.2. The van der Waals surface area contributed by atoms with Gasteiger partial charge >= 0.3 is 12.1 Å². The van der Waals surface area contributed by atoms with E-state index in [4.69, 9.17) is 15.9 Å². The monoisotopic (exact) mass is 438 g/mol. The van der Waals surface area contributed by atoms with Gasteiger partial charge in [0.1, 0.15) is 18.9 Å². The van der Waals surface area contributed by atoms with Gasteiger partial charge in [-0.3, -0.25) is 9.59 Å². The Kier molecular flexibility index (Phi) is 8.66. The lowest BCUT2D eigenvalue weighted by Gasteiger charge is -2.33. The number of alkyl carbamates (subject to hydrolysis) is 1. The third kappa shape index (κ3) is 7.06. The summed E-state index contributed by atoms with van der Waals surface area (Å²) >= 11 is 0. The quantitative estimate of drug-likeness (QED) is 0.460. The number of methoxy groups -OCH3 is 1. The van der Waals surface area contributed by atoms with Gasteiger partial charge in [-0.15, -0.1) is 6.42 Å². The highest BCUT2D eigenvalue weighted by Crippen LogP contribution is 2.22. The van der Waals surface area contributed by atoms with Crippen molar-refractivity contribution in [3.8, 4) is 18.1 Å². The fraction of sp³-hybridized carbons (Fsp3) is 0.292. The van der Waals surface area contributed by atoms with Crippen LogP contribution in [0.15, 0.2) is 54.6 Å². The van der Waals surface area contributed by atoms with Gasteiger partial charge in [-0.1, -0.05) is 53.9 Å². The van der Waals surface area contributed by atoms with Gasteiger partial charge in [-0.2, -0.15) is 0 Å². The van der Waals surface area contributed by atoms with E-state index < -0.39 is 36.2 Å². The highest BCUT2D eigenvalue weighted by Gasteiger charge is 2.42. The normalized spacial score (nSPS) is 12.9. The molecule has 0 aliphatic heterocycles. The summed E-state index contributed by atoms with van der Waals surface area (Å²) in [7, 11) is 1.19. The average Bonchev–Trinajstić information content (AvgIpc) is 2.81. The molecule has 0 aliphatic carbocycles. The number of carbonyl (C=O) groups is 3. The number of terminal acetylenes is 1. The van der Waals surface area contributed by atoms with E-state index in [2.05, 4.69) is 21.3 Å². The summed E-state index contributed by atoms with van der Waals surface area (Å²) in [6.07, 6.45) is 4.83. The van der Waals surface area contributed by atoms with Crippen LogP contribution in [0, 0.1) is 19.3 Å². The van der Waals surface area contributed by atoms with Crippen molar-refractivity contribution in [1.29, 1.82) is 0 Å². The van der Waals surface area contributed by atoms with Crippen LogP contribution in [0.4, 0.5) is 4.79 Å². The molecule has 2 aromatic carbocycles. The van der Waals surface area contributed by atoms with Crippen LogP contribution in [0.25, 0.3) is 0 Å². The molecule has 0 fully saturated rings. The number of esters is 1. The Balaban J connectivity index is 2.19. The molecule has 0 bridgehead atoms. The number of rotatable bonds is 9. The fourth-order valence-corrected chi connectivity index (χ4v) is 2.69. The van der Waals surface area contributed by atoms with Crippen molar-refractivity contribution in [1.82, 2.24) is 10.6 Å². The molecule has 0 aromatic heterocycles. The zero-order valence-corrected chi connectivity index (χ0v) is 18.2. The Labute approximate surface area is 187 Å². The van der Waals surface area contributed by atoms with Gasteiger partial charge in [-0.25, -0.2) is 4.79 Å². The molecule has 0 saturated carbocycles. The minimum absolute atomic E-state index is 0.00520. The Morgan fingerprint density at radius 3 is 2.34 bits per heavy atom. The third-order valence-corrected chi connectivity index (χ3v) is 4.56. The number of amides is 2. The zero-order chi connectivity index (χ0) is 23.6. The Morgan fingerprint density at radius 1 is 1.09 bits per heavy atom. The summed E-state index contributed by atoms with van der Waals surface area (Å²) in [6, 6.07) is 14.7. The molecule has 2 rings (SSSR count). The minimum atomic E-state index is -1.60. The number of nitrogens with one attached hydrogen (secondary N) is 2. The fourth-order valence-electron chi connectivity index (χ4n) is 2.69. The maximum absolute atomic E-state index is 12.9. The van der Waals surface area contributed by atoms with E-state index in [1.165, 1.54) is 14.0 Å². The van der Waals surface area contributed by atoms with E-state index >= 15 is 0 Å². The number of carbonyl (C=O) groups excluding carboxylic acids is 3. The van der Waals surface area contributed by atoms with Crippen molar-refractivity contribution in [2.45, 2.75) is 32.1 Å². The van der Waals surface area contributed by atoms with E-state index in [9.17, 15) is 14.4 Å². The number of hydrogen-bond donors (Lipinski definition) is 2. The smallest absolute Gasteiger partial charge is 0.408 e. The molecular formula is C24H26N2O6. The summed E-state index contributed by atoms with van der Waals surface area (Å²) in [6.45, 7) is 2.98. The third-order valence-electron chi connectivity index (χ3n) is 4.56. The van der Waals surface area contributed by atoms with Crippen LogP contribution in [-0.4, -0.2) is 43.3 Å². The molecule has 2 amide bonds. The van der Waals surface area contributed by atoms with Gasteiger partial charge in [-0.05, 0) is 31.5 Å². The van der Waals surface area contributed by atoms with E-state index in [1.54, 1.807) is 24.3 Å². The second-order valence-electron chi connectivity index (χ2n) is 7.10. The van der Waals surface area contributed by atoms with Gasteiger partial charge in [0, 0.05) is 0 Å². The highest BCUT2D eigenvalue weighted by atomic mass is 16.6. The number of ether oxygens (including phenoxy) is 3. The molecule has 32 heavy (non-hydrogen) atoms. The molecule has 8 nitrogen and oxygen atoms in total. The predicted molar refractivity (Wildman–Crippen MR) is 118 cm³/mol. The van der Waals surface area contributed by atoms with Gasteiger partial charge in [0.05, 0.1) is 7.11 Å². The van der Waals surface area contributed by atoms with E-state index in [0.29, 0.717) is 5.75 Å². The molecule has 0 aliphatic rings. The van der Waals surface area contributed by atoms with Crippen LogP contribution >= 0.6 is 0 Å². The van der Waals surface area contributed by atoms with E-state index in [1.807, 2.05) is 37.3 Å². The van der Waals surface area contributed by atoms with Crippen LogP contribution in [-0.2, 0) is 25.7 Å². The second kappa shape index (κ2) is 11.4. The maximum Gasteiger partial charge on any atom is 0.408 e. The molecule has 0 radical (unpaired) electrons. The van der Waals surface area contributed by atoms with Crippen LogP contribution < -0.4 is 15.4 Å². The first kappa shape index (κ1) is 24.3. The van der Waals surface area contributed by atoms with Crippen molar-refractivity contribution in [2.75, 3.05) is 13.7 Å². The Bertz CT molecular complexity index is 968. The minimum Gasteiger partial charge on any atom is -0.472 e. The summed E-state index contributed by atoms with van der Waals surface area (Å²) in [5.74, 6) is 1.44. The number of benzene rings is 2. The Morgan fingerprint density at radius 2 is 1.75 bits per heavy atom. The molecule has 8 heteroatoms. The van der Waals surface area contributed by atoms with Gasteiger partial charge in [0.15, 0.2) is 11.6 Å². The van der Waals surface area contributed by atoms with Gasteiger partial charge in [0.25, 0.3) is 0 Å². The number of hydrogen-bond acceptors (Lipinski definition) is 6. The first-order valence-electron chi connectivity index (χ1n) is 9.82. The standard InChI is InChI=1S/C24H26N2O6/c1-5-24(3,32-19-13-11-17(2)12-14-19)21(22(28)25-15-20(27)30-4)26-23(29)31-16-18-9-7-6-8-10-18/h1,6-14,21H,15-16H2,2-4H3,(H,25,28)(H,26,29)/t21-,24-/m1/s1. The largest absolute Gasteiger partial charge is 0.472 e. The molecule has 168 valence electrons. The molecule has 0 heterocycles. The molecule has 2 aromatic rings. The highest BCUT2D eigenvalue weighted by molar-refractivity contribution is 5.90. The molecule has 0 spiro atoms. The topological polar surface area (TPSA) is 103 Å². The van der Waals surface area contributed by atoms with Crippen molar-refractivity contribution in [3.05, 3.63) is 65.7 Å². The van der Waals surface area contributed by atoms with Crippen molar-refractivity contribution < 1.29 is 28.6 Å². The average molecular weight is 438 g/mol. The second-order valence-corrected chi connectivity index (χ2v) is 7.10. The van der Waals surface area contributed by atoms with Crippen molar-refractivity contribution in [2.24, 2.45) is 0 Å². The van der Waals surface area contributed by atoms with Crippen molar-refractivity contribution >= 4 is 18.0 Å². The predicted octanol–water partition coefficient (Wildman–Crippen LogP) is 2.35. The van der Waals surface area contributed by atoms with Crippen LogP contribution in [0.3, 0.4) is 0 Å². The molecule has 2 atom stereocenters. The first-order chi connectivity index (χ1) is 15.3. The SMILES string of the molecule is C#C[C@@](C)(Oc1ccc(C)cc1)[C@H](NC(=O)OCc1ccccc1)C(=O)NCC(=O)OC. The molecule has 2 N–H and O–H groups in total. The summed E-state index contributed by atoms with van der Waals surface area (Å²) < 4.78 is 15.6. The van der Waals surface area contributed by atoms with Gasteiger partial charge in [0.2, 0.25) is 5.91 Å². The molecule has 0 unspecified atom stereocenters. The van der Waals surface area contributed by atoms with Crippen LogP contribution in [0.2, 0.25) is 0 Å². The Hall–Kier alpha value is -3.99. The van der Waals surface area contributed by atoms with Crippen molar-refractivity contribution in [3.63, 3.8) is 0 Å². The molecule has 0 saturated heterocycles.